The van der Waals surface area contributed by atoms with Gasteiger partial charge in [0.2, 0.25) is 5.91 Å². The van der Waals surface area contributed by atoms with E-state index >= 15 is 0 Å². The molecular weight excluding hydrogens is 321 g/mol. The third-order valence-corrected chi connectivity index (χ3v) is 4.18. The number of nitrogens with one attached hydrogen (secondary N) is 2. The summed E-state index contributed by atoms with van der Waals surface area (Å²) in [6.45, 7) is 0.357. The first-order valence-corrected chi connectivity index (χ1v) is 8.05. The Labute approximate surface area is 145 Å². The van der Waals surface area contributed by atoms with E-state index in [4.69, 9.17) is 5.26 Å². The lowest BCUT2D eigenvalue weighted by atomic mass is 10.0. The summed E-state index contributed by atoms with van der Waals surface area (Å²) in [5.41, 5.74) is 2.44. The van der Waals surface area contributed by atoms with Crippen molar-refractivity contribution in [2.24, 2.45) is 0 Å². The van der Waals surface area contributed by atoms with Crippen molar-refractivity contribution >= 4 is 11.6 Å². The van der Waals surface area contributed by atoms with Crippen molar-refractivity contribution in [1.82, 2.24) is 5.32 Å². The van der Waals surface area contributed by atoms with E-state index in [0.29, 0.717) is 24.9 Å². The Morgan fingerprint density at radius 3 is 2.84 bits per heavy atom. The molecule has 6 heteroatoms. The molecule has 2 aromatic carbocycles. The van der Waals surface area contributed by atoms with E-state index in [2.05, 4.69) is 16.7 Å². The van der Waals surface area contributed by atoms with Gasteiger partial charge in [0.25, 0.3) is 0 Å². The molecule has 1 fully saturated rings. The maximum Gasteiger partial charge on any atom is 0.241 e. The van der Waals surface area contributed by atoms with Crippen LogP contribution in [0, 0.1) is 17.1 Å². The summed E-state index contributed by atoms with van der Waals surface area (Å²) in [7, 11) is 0. The Bertz CT molecular complexity index is 832. The summed E-state index contributed by atoms with van der Waals surface area (Å²) < 4.78 is 14.0. The molecule has 128 valence electrons. The molecule has 0 unspecified atom stereocenters. The first-order chi connectivity index (χ1) is 12.0. The van der Waals surface area contributed by atoms with E-state index in [-0.39, 0.29) is 11.6 Å². The minimum atomic E-state index is -0.556. The molecule has 5 nitrogen and oxygen atoms in total. The van der Waals surface area contributed by atoms with Crippen LogP contribution >= 0.6 is 0 Å². The molecule has 3 rings (SSSR count). The van der Waals surface area contributed by atoms with Gasteiger partial charge in [-0.15, -0.1) is 0 Å². The maximum atomic E-state index is 14.0. The van der Waals surface area contributed by atoms with Gasteiger partial charge in [0.05, 0.1) is 29.5 Å². The topological polar surface area (TPSA) is 85.2 Å². The van der Waals surface area contributed by atoms with Gasteiger partial charge >= 0.3 is 0 Å². The van der Waals surface area contributed by atoms with Crippen LogP contribution in [0.4, 0.5) is 10.1 Å². The number of aliphatic hydroxyl groups excluding tert-OH is 1. The number of nitrogens with zero attached hydrogens (tertiary/aromatic N) is 1. The van der Waals surface area contributed by atoms with Crippen molar-refractivity contribution in [3.8, 4) is 6.07 Å². The van der Waals surface area contributed by atoms with Crippen LogP contribution in [0.1, 0.15) is 23.1 Å². The van der Waals surface area contributed by atoms with Gasteiger partial charge in [0.1, 0.15) is 5.82 Å². The van der Waals surface area contributed by atoms with E-state index in [1.54, 1.807) is 30.3 Å². The molecule has 2 atom stereocenters. The fraction of sp³-hybridized carbons (Fsp3) is 0.263. The minimum absolute atomic E-state index is 0.113. The molecule has 1 saturated heterocycles. The Morgan fingerprint density at radius 1 is 1.32 bits per heavy atom. The number of β-amino-alcohol motifs (C(OH)–C–C–N with tert-alkyl or cyclic N) is 1. The summed E-state index contributed by atoms with van der Waals surface area (Å²) >= 11 is 0. The maximum absolute atomic E-state index is 14.0. The third kappa shape index (κ3) is 4.21. The lowest BCUT2D eigenvalue weighted by molar-refractivity contribution is -0.118. The highest BCUT2D eigenvalue weighted by molar-refractivity contribution is 5.95. The zero-order valence-electron chi connectivity index (χ0n) is 13.5. The van der Waals surface area contributed by atoms with Crippen LogP contribution in [0.3, 0.4) is 0 Å². The van der Waals surface area contributed by atoms with E-state index in [0.717, 1.165) is 11.1 Å². The fourth-order valence-electron chi connectivity index (χ4n) is 2.90. The van der Waals surface area contributed by atoms with Crippen molar-refractivity contribution in [2.75, 3.05) is 11.9 Å². The number of carbonyl (C=O) groups excluding carboxylic acids is 1. The first kappa shape index (κ1) is 17.1. The van der Waals surface area contributed by atoms with Crippen LogP contribution in [-0.4, -0.2) is 29.7 Å². The van der Waals surface area contributed by atoms with Crippen LogP contribution in [0.2, 0.25) is 0 Å². The molecule has 0 spiro atoms. The zero-order valence-corrected chi connectivity index (χ0v) is 13.5. The number of aliphatic hydroxyl groups is 1. The SMILES string of the molecule is N#Cc1cccc(Cc2ccc(F)c(NC(=O)[C@H]3C[C@@H](O)CN3)c2)c1. The number of benzene rings is 2. The predicted octanol–water partition coefficient (Wildman–Crippen LogP) is 1.95. The summed E-state index contributed by atoms with van der Waals surface area (Å²) in [5.74, 6) is -0.875. The van der Waals surface area contributed by atoms with Crippen molar-refractivity contribution in [2.45, 2.75) is 25.0 Å². The van der Waals surface area contributed by atoms with E-state index in [1.165, 1.54) is 6.07 Å². The van der Waals surface area contributed by atoms with E-state index < -0.39 is 18.0 Å². The Balaban J connectivity index is 1.74. The largest absolute Gasteiger partial charge is 0.392 e. The molecule has 0 aromatic heterocycles. The molecule has 1 aliphatic heterocycles. The fourth-order valence-corrected chi connectivity index (χ4v) is 2.90. The molecule has 2 aromatic rings. The summed E-state index contributed by atoms with van der Waals surface area (Å²) in [6, 6.07) is 13.3. The average molecular weight is 339 g/mol. The highest BCUT2D eigenvalue weighted by atomic mass is 19.1. The molecule has 1 heterocycles. The molecular formula is C19H18FN3O2. The van der Waals surface area contributed by atoms with Gasteiger partial charge in [-0.05, 0) is 48.2 Å². The van der Waals surface area contributed by atoms with Gasteiger partial charge in [-0.1, -0.05) is 18.2 Å². The molecule has 1 aliphatic rings. The molecule has 0 aliphatic carbocycles. The Kier molecular flexibility index (Phi) is 5.08. The smallest absolute Gasteiger partial charge is 0.241 e. The number of amides is 1. The van der Waals surface area contributed by atoms with Gasteiger partial charge < -0.3 is 15.7 Å². The highest BCUT2D eigenvalue weighted by Crippen LogP contribution is 2.20. The average Bonchev–Trinajstić information content (AvgIpc) is 3.04. The quantitative estimate of drug-likeness (QED) is 0.795. The lowest BCUT2D eigenvalue weighted by Gasteiger charge is -2.13. The molecule has 0 saturated carbocycles. The van der Waals surface area contributed by atoms with Crippen LogP contribution < -0.4 is 10.6 Å². The van der Waals surface area contributed by atoms with Crippen LogP contribution in [0.15, 0.2) is 42.5 Å². The monoisotopic (exact) mass is 339 g/mol. The number of hydrogen-bond donors (Lipinski definition) is 3. The number of anilines is 1. The van der Waals surface area contributed by atoms with Gasteiger partial charge in [0, 0.05) is 6.54 Å². The standard InChI is InChI=1S/C19H18FN3O2/c20-16-5-4-13(6-12-2-1-3-14(7-12)10-21)8-17(16)23-19(25)18-9-15(24)11-22-18/h1-5,7-8,15,18,22,24H,6,9,11H2,(H,23,25)/t15-,18-/m1/s1. The number of carbonyl (C=O) groups is 1. The zero-order chi connectivity index (χ0) is 17.8. The van der Waals surface area contributed by atoms with Crippen LogP contribution in [0.5, 0.6) is 0 Å². The highest BCUT2D eigenvalue weighted by Gasteiger charge is 2.28. The summed E-state index contributed by atoms with van der Waals surface area (Å²) in [5, 5.41) is 23.9. The number of nitriles is 1. The van der Waals surface area contributed by atoms with Gasteiger partial charge in [-0.2, -0.15) is 5.26 Å². The second-order valence-corrected chi connectivity index (χ2v) is 6.14. The van der Waals surface area contributed by atoms with Crippen LogP contribution in [-0.2, 0) is 11.2 Å². The van der Waals surface area contributed by atoms with Gasteiger partial charge in [0.15, 0.2) is 0 Å². The van der Waals surface area contributed by atoms with Crippen molar-refractivity contribution < 1.29 is 14.3 Å². The second kappa shape index (κ2) is 7.43. The summed E-state index contributed by atoms with van der Waals surface area (Å²) in [4.78, 5) is 12.2. The molecule has 0 radical (unpaired) electrons. The number of hydrogen-bond acceptors (Lipinski definition) is 4. The Hall–Kier alpha value is -2.75. The van der Waals surface area contributed by atoms with Gasteiger partial charge in [-0.3, -0.25) is 4.79 Å². The molecule has 25 heavy (non-hydrogen) atoms. The van der Waals surface area contributed by atoms with Crippen molar-refractivity contribution in [3.63, 3.8) is 0 Å². The second-order valence-electron chi connectivity index (χ2n) is 6.14. The number of rotatable bonds is 4. The Morgan fingerprint density at radius 2 is 2.12 bits per heavy atom. The minimum Gasteiger partial charge on any atom is -0.392 e. The van der Waals surface area contributed by atoms with Gasteiger partial charge in [-0.25, -0.2) is 4.39 Å². The van der Waals surface area contributed by atoms with E-state index in [9.17, 15) is 14.3 Å². The normalized spacial score (nSPS) is 19.4. The lowest BCUT2D eigenvalue weighted by Crippen LogP contribution is -2.35. The molecule has 1 amide bonds. The van der Waals surface area contributed by atoms with E-state index in [1.807, 2.05) is 6.07 Å². The predicted molar refractivity (Wildman–Crippen MR) is 91.4 cm³/mol. The third-order valence-electron chi connectivity index (χ3n) is 4.18. The van der Waals surface area contributed by atoms with Crippen molar-refractivity contribution in [3.05, 3.63) is 65.0 Å². The molecule has 0 bridgehead atoms. The molecule has 3 N–H and O–H groups in total. The number of halogens is 1. The van der Waals surface area contributed by atoms with Crippen LogP contribution in [0.25, 0.3) is 0 Å². The first-order valence-electron chi connectivity index (χ1n) is 8.05. The summed E-state index contributed by atoms with van der Waals surface area (Å²) in [6.07, 6.45) is 0.284. The van der Waals surface area contributed by atoms with Crippen molar-refractivity contribution in [1.29, 1.82) is 5.26 Å².